The highest BCUT2D eigenvalue weighted by Gasteiger charge is 1.97. The van der Waals surface area contributed by atoms with Crippen LogP contribution in [0.1, 0.15) is 26.2 Å². The number of aromatic nitrogens is 2. The summed E-state index contributed by atoms with van der Waals surface area (Å²) in [5.74, 6) is 0.553. The second kappa shape index (κ2) is 5.91. The number of hydrogen-bond donors (Lipinski definition) is 0. The first-order valence-electron chi connectivity index (χ1n) is 4.43. The Labute approximate surface area is 82.0 Å². The van der Waals surface area contributed by atoms with Gasteiger partial charge in [0, 0.05) is 6.07 Å². The maximum atomic E-state index is 12.6. The average molecular weight is 200 g/mol. The number of unbranched alkanes of at least 4 members (excludes halogenated alkanes) is 2. The fourth-order valence-corrected chi connectivity index (χ4v) is 1.78. The largest absolute Gasteiger partial charge is 0.230 e. The average Bonchev–Trinajstić information content (AvgIpc) is 2.13. The fraction of sp³-hybridized carbons (Fsp3) is 0.556. The molecule has 0 radical (unpaired) electrons. The van der Waals surface area contributed by atoms with Crippen molar-refractivity contribution in [2.75, 3.05) is 5.75 Å². The van der Waals surface area contributed by atoms with Crippen LogP contribution in [0.5, 0.6) is 0 Å². The van der Waals surface area contributed by atoms with Gasteiger partial charge < -0.3 is 0 Å². The van der Waals surface area contributed by atoms with Crippen LogP contribution in [0.3, 0.4) is 0 Å². The highest BCUT2D eigenvalue weighted by molar-refractivity contribution is 7.99. The third-order valence-electron chi connectivity index (χ3n) is 1.61. The minimum Gasteiger partial charge on any atom is -0.230 e. The monoisotopic (exact) mass is 200 g/mol. The summed E-state index contributed by atoms with van der Waals surface area (Å²) in [5.41, 5.74) is 0. The SMILES string of the molecule is CCCCCSc1cc(F)ncn1. The summed E-state index contributed by atoms with van der Waals surface area (Å²) < 4.78 is 12.6. The van der Waals surface area contributed by atoms with E-state index in [9.17, 15) is 4.39 Å². The van der Waals surface area contributed by atoms with Crippen molar-refractivity contribution in [2.45, 2.75) is 31.2 Å². The molecule has 13 heavy (non-hydrogen) atoms. The molecule has 72 valence electrons. The normalized spacial score (nSPS) is 10.3. The molecular formula is C9H13FN2S. The van der Waals surface area contributed by atoms with E-state index < -0.39 is 5.95 Å². The topological polar surface area (TPSA) is 25.8 Å². The van der Waals surface area contributed by atoms with E-state index in [2.05, 4.69) is 16.9 Å². The van der Waals surface area contributed by atoms with Gasteiger partial charge in [0.05, 0.1) is 0 Å². The highest BCUT2D eigenvalue weighted by atomic mass is 32.2. The Morgan fingerprint density at radius 1 is 1.38 bits per heavy atom. The van der Waals surface area contributed by atoms with Crippen LogP contribution < -0.4 is 0 Å². The second-order valence-electron chi connectivity index (χ2n) is 2.73. The molecule has 1 aromatic rings. The maximum Gasteiger partial charge on any atom is 0.217 e. The zero-order valence-electron chi connectivity index (χ0n) is 7.66. The van der Waals surface area contributed by atoms with Crippen LogP contribution in [0.15, 0.2) is 17.4 Å². The third-order valence-corrected chi connectivity index (χ3v) is 2.62. The summed E-state index contributed by atoms with van der Waals surface area (Å²) >= 11 is 1.58. The van der Waals surface area contributed by atoms with Gasteiger partial charge in [-0.05, 0) is 12.2 Å². The number of hydrogen-bond acceptors (Lipinski definition) is 3. The van der Waals surface area contributed by atoms with Gasteiger partial charge in [-0.1, -0.05) is 19.8 Å². The van der Waals surface area contributed by atoms with E-state index in [-0.39, 0.29) is 0 Å². The Balaban J connectivity index is 2.28. The molecule has 1 aromatic heterocycles. The lowest BCUT2D eigenvalue weighted by Gasteiger charge is -1.98. The minimum atomic E-state index is -0.451. The zero-order chi connectivity index (χ0) is 9.52. The molecule has 1 rings (SSSR count). The van der Waals surface area contributed by atoms with Crippen molar-refractivity contribution in [2.24, 2.45) is 0 Å². The quantitative estimate of drug-likeness (QED) is 0.415. The third kappa shape index (κ3) is 4.22. The molecule has 2 nitrogen and oxygen atoms in total. The molecule has 0 aliphatic carbocycles. The van der Waals surface area contributed by atoms with Crippen molar-refractivity contribution in [1.29, 1.82) is 0 Å². The smallest absolute Gasteiger partial charge is 0.217 e. The molecule has 0 fully saturated rings. The van der Waals surface area contributed by atoms with Gasteiger partial charge in [0.2, 0.25) is 5.95 Å². The molecule has 0 amide bonds. The number of rotatable bonds is 5. The van der Waals surface area contributed by atoms with Gasteiger partial charge in [-0.15, -0.1) is 11.8 Å². The van der Waals surface area contributed by atoms with Crippen molar-refractivity contribution in [3.8, 4) is 0 Å². The van der Waals surface area contributed by atoms with Gasteiger partial charge in [0.1, 0.15) is 11.4 Å². The summed E-state index contributed by atoms with van der Waals surface area (Å²) in [4.78, 5) is 7.34. The van der Waals surface area contributed by atoms with Crippen LogP contribution in [-0.2, 0) is 0 Å². The molecule has 0 aromatic carbocycles. The molecule has 0 aliphatic heterocycles. The van der Waals surface area contributed by atoms with E-state index >= 15 is 0 Å². The Morgan fingerprint density at radius 2 is 2.23 bits per heavy atom. The molecule has 4 heteroatoms. The standard InChI is InChI=1S/C9H13FN2S/c1-2-3-4-5-13-9-6-8(10)11-7-12-9/h6-7H,2-5H2,1H3. The number of halogens is 1. The molecule has 0 saturated carbocycles. The van der Waals surface area contributed by atoms with Crippen molar-refractivity contribution in [3.05, 3.63) is 18.3 Å². The van der Waals surface area contributed by atoms with Crippen LogP contribution in [0.2, 0.25) is 0 Å². The molecule has 0 saturated heterocycles. The van der Waals surface area contributed by atoms with Gasteiger partial charge in [-0.25, -0.2) is 9.97 Å². The highest BCUT2D eigenvalue weighted by Crippen LogP contribution is 2.16. The molecule has 0 atom stereocenters. The first-order chi connectivity index (χ1) is 6.33. The van der Waals surface area contributed by atoms with Crippen molar-refractivity contribution in [1.82, 2.24) is 9.97 Å². The van der Waals surface area contributed by atoms with Crippen LogP contribution in [0.4, 0.5) is 4.39 Å². The Kier molecular flexibility index (Phi) is 4.75. The van der Waals surface area contributed by atoms with Crippen LogP contribution in [0, 0.1) is 5.95 Å². The summed E-state index contributed by atoms with van der Waals surface area (Å²) in [5, 5.41) is 0.726. The Bertz CT molecular complexity index is 255. The lowest BCUT2D eigenvalue weighted by molar-refractivity contribution is 0.572. The van der Waals surface area contributed by atoms with Gasteiger partial charge in [-0.2, -0.15) is 4.39 Å². The predicted octanol–water partition coefficient (Wildman–Crippen LogP) is 2.90. The molecule has 1 heterocycles. The first-order valence-corrected chi connectivity index (χ1v) is 5.42. The van der Waals surface area contributed by atoms with Gasteiger partial charge in [0.15, 0.2) is 0 Å². The van der Waals surface area contributed by atoms with Crippen LogP contribution >= 0.6 is 11.8 Å². The molecule has 0 aliphatic rings. The fourth-order valence-electron chi connectivity index (χ4n) is 0.925. The van der Waals surface area contributed by atoms with E-state index in [1.165, 1.54) is 25.2 Å². The Morgan fingerprint density at radius 3 is 2.92 bits per heavy atom. The summed E-state index contributed by atoms with van der Waals surface area (Å²) in [7, 11) is 0. The second-order valence-corrected chi connectivity index (χ2v) is 3.85. The molecule has 0 spiro atoms. The summed E-state index contributed by atoms with van der Waals surface area (Å²) in [6.07, 6.45) is 4.85. The summed E-state index contributed by atoms with van der Waals surface area (Å²) in [6, 6.07) is 1.37. The van der Waals surface area contributed by atoms with Crippen LogP contribution in [-0.4, -0.2) is 15.7 Å². The molecular weight excluding hydrogens is 187 g/mol. The maximum absolute atomic E-state index is 12.6. The van der Waals surface area contributed by atoms with E-state index in [4.69, 9.17) is 0 Å². The first kappa shape index (κ1) is 10.4. The van der Waals surface area contributed by atoms with Crippen LogP contribution in [0.25, 0.3) is 0 Å². The number of nitrogens with zero attached hydrogens (tertiary/aromatic N) is 2. The van der Waals surface area contributed by atoms with Gasteiger partial charge >= 0.3 is 0 Å². The van der Waals surface area contributed by atoms with E-state index in [1.807, 2.05) is 0 Å². The molecule has 0 bridgehead atoms. The minimum absolute atomic E-state index is 0.451. The van der Waals surface area contributed by atoms with Crippen molar-refractivity contribution < 1.29 is 4.39 Å². The lowest BCUT2D eigenvalue weighted by atomic mass is 10.3. The van der Waals surface area contributed by atoms with Crippen molar-refractivity contribution in [3.63, 3.8) is 0 Å². The van der Waals surface area contributed by atoms with Gasteiger partial charge in [-0.3, -0.25) is 0 Å². The van der Waals surface area contributed by atoms with Gasteiger partial charge in [0.25, 0.3) is 0 Å². The number of thioether (sulfide) groups is 1. The predicted molar refractivity (Wildman–Crippen MR) is 52.2 cm³/mol. The van der Waals surface area contributed by atoms with E-state index in [0.717, 1.165) is 17.2 Å². The molecule has 0 N–H and O–H groups in total. The summed E-state index contributed by atoms with van der Waals surface area (Å²) in [6.45, 7) is 2.16. The Hall–Kier alpha value is -0.640. The van der Waals surface area contributed by atoms with E-state index in [0.29, 0.717) is 0 Å². The van der Waals surface area contributed by atoms with Crippen molar-refractivity contribution >= 4 is 11.8 Å². The lowest BCUT2D eigenvalue weighted by Crippen LogP contribution is -1.88. The molecule has 0 unspecified atom stereocenters. The van der Waals surface area contributed by atoms with E-state index in [1.54, 1.807) is 11.8 Å². The zero-order valence-corrected chi connectivity index (χ0v) is 8.48.